The van der Waals surface area contributed by atoms with Crippen LogP contribution < -0.4 is 38.9 Å². The second-order valence-corrected chi connectivity index (χ2v) is 20.9. The first-order valence-electron chi connectivity index (χ1n) is 21.1. The Hall–Kier alpha value is -6.98. The summed E-state index contributed by atoms with van der Waals surface area (Å²) in [5.74, 6) is 1.39. The van der Waals surface area contributed by atoms with Crippen LogP contribution in [0.4, 0.5) is 11.4 Å². The molecule has 8 aromatic carbocycles. The second kappa shape index (κ2) is 15.7. The molecule has 0 bridgehead atoms. The van der Waals surface area contributed by atoms with Crippen molar-refractivity contribution in [3.63, 3.8) is 0 Å². The molecule has 0 aromatic heterocycles. The van der Waals surface area contributed by atoms with E-state index in [1.165, 1.54) is 0 Å². The Morgan fingerprint density at radius 3 is 1.17 bits per heavy atom. The summed E-state index contributed by atoms with van der Waals surface area (Å²) in [7, 11) is -7.21. The Balaban J connectivity index is 0.00000456. The van der Waals surface area contributed by atoms with Gasteiger partial charge in [-0.2, -0.15) is 0 Å². The Morgan fingerprint density at radius 2 is 0.750 bits per heavy atom. The van der Waals surface area contributed by atoms with Crippen molar-refractivity contribution in [1.29, 1.82) is 0 Å². The van der Waals surface area contributed by atoms with Crippen LogP contribution in [0.1, 0.15) is 41.2 Å². The fourth-order valence-corrected chi connectivity index (χ4v) is 15.4. The summed E-state index contributed by atoms with van der Waals surface area (Å²) >= 11 is 0. The molecule has 64 heavy (non-hydrogen) atoms. The lowest BCUT2D eigenvalue weighted by atomic mass is 10.0. The van der Waals surface area contributed by atoms with Crippen LogP contribution in [-0.2, 0) is 15.6 Å². The zero-order valence-corrected chi connectivity index (χ0v) is 35.8. The van der Waals surface area contributed by atoms with Crippen LogP contribution in [0.2, 0.25) is 0 Å². The molecule has 0 fully saturated rings. The van der Waals surface area contributed by atoms with Crippen LogP contribution >= 0.6 is 14.7 Å². The Bertz CT molecular complexity index is 2960. The van der Waals surface area contributed by atoms with E-state index in [1.807, 2.05) is 146 Å². The SMILES string of the molecule is C.O=P1(C2c3ccccc3OCN2c2ccc(Cc3ccc(N4COc5ccccc5C4P4(=O)Oc5ccccc5-c5ccccc54)cc3)cc2)Oc2ccccc2-c2ccccc21. The van der Waals surface area contributed by atoms with E-state index in [-0.39, 0.29) is 20.9 Å². The highest BCUT2D eigenvalue weighted by Crippen LogP contribution is 2.68. The lowest BCUT2D eigenvalue weighted by Gasteiger charge is -2.43. The molecule has 0 spiro atoms. The van der Waals surface area contributed by atoms with Crippen LogP contribution in [0.3, 0.4) is 0 Å². The quantitative estimate of drug-likeness (QED) is 0.153. The van der Waals surface area contributed by atoms with Gasteiger partial charge in [0.1, 0.15) is 23.0 Å². The molecule has 4 unspecified atom stereocenters. The van der Waals surface area contributed by atoms with E-state index in [9.17, 15) is 0 Å². The number of rotatable bonds is 6. The zero-order chi connectivity index (χ0) is 42.1. The summed E-state index contributed by atoms with van der Waals surface area (Å²) in [4.78, 5) is 4.14. The minimum absolute atomic E-state index is 0. The van der Waals surface area contributed by atoms with Gasteiger partial charge in [0.05, 0.1) is 10.6 Å². The number of para-hydroxylation sites is 4. The molecule has 12 rings (SSSR count). The van der Waals surface area contributed by atoms with Crippen molar-refractivity contribution in [1.82, 2.24) is 0 Å². The molecule has 4 atom stereocenters. The molecule has 0 radical (unpaired) electrons. The predicted octanol–water partition coefficient (Wildman–Crippen LogP) is 12.9. The summed E-state index contributed by atoms with van der Waals surface area (Å²) in [5, 5.41) is 1.41. The van der Waals surface area contributed by atoms with Crippen LogP contribution in [0, 0.1) is 0 Å². The number of hydrogen-bond donors (Lipinski definition) is 0. The molecule has 0 amide bonds. The molecule has 0 aliphatic carbocycles. The number of hydrogen-bond acceptors (Lipinski definition) is 8. The molecule has 4 heterocycles. The van der Waals surface area contributed by atoms with Gasteiger partial charge in [-0.15, -0.1) is 0 Å². The van der Waals surface area contributed by atoms with Gasteiger partial charge in [0.2, 0.25) is 0 Å². The van der Waals surface area contributed by atoms with E-state index >= 15 is 9.13 Å². The monoisotopic (exact) mass is 878 g/mol. The van der Waals surface area contributed by atoms with Gasteiger partial charge >= 0.3 is 14.7 Å². The first-order chi connectivity index (χ1) is 31.0. The third-order valence-corrected chi connectivity index (χ3v) is 18.1. The smallest absolute Gasteiger partial charge is 0.304 e. The van der Waals surface area contributed by atoms with Crippen molar-refractivity contribution < 1.29 is 27.7 Å². The summed E-state index contributed by atoms with van der Waals surface area (Å²) in [6.45, 7) is 0.419. The van der Waals surface area contributed by atoms with Crippen molar-refractivity contribution in [3.05, 3.63) is 216 Å². The molecule has 0 saturated carbocycles. The van der Waals surface area contributed by atoms with E-state index in [0.29, 0.717) is 40.0 Å². The van der Waals surface area contributed by atoms with Crippen molar-refractivity contribution in [2.24, 2.45) is 0 Å². The number of benzene rings is 8. The van der Waals surface area contributed by atoms with Crippen LogP contribution in [0.5, 0.6) is 23.0 Å². The van der Waals surface area contributed by atoms with E-state index in [2.05, 4.69) is 58.3 Å². The summed E-state index contributed by atoms with van der Waals surface area (Å²) < 4.78 is 57.4. The number of anilines is 2. The molecule has 316 valence electrons. The minimum atomic E-state index is -3.61. The van der Waals surface area contributed by atoms with Crippen molar-refractivity contribution in [2.75, 3.05) is 23.3 Å². The van der Waals surface area contributed by atoms with E-state index in [4.69, 9.17) is 18.5 Å². The van der Waals surface area contributed by atoms with Gasteiger partial charge in [-0.25, -0.2) is 0 Å². The van der Waals surface area contributed by atoms with Crippen molar-refractivity contribution in [3.8, 4) is 45.3 Å². The van der Waals surface area contributed by atoms with E-state index < -0.39 is 26.3 Å². The molecule has 8 aromatic rings. The van der Waals surface area contributed by atoms with Crippen molar-refractivity contribution >= 4 is 36.7 Å². The molecular formula is C54H44N2O6P2. The summed E-state index contributed by atoms with van der Waals surface area (Å²) in [6, 6.07) is 63.9. The lowest BCUT2D eigenvalue weighted by molar-refractivity contribution is 0.281. The standard InChI is InChI=1S/C53H40N2O6P2.CH4/c56-62(50-23-11-5-15-42(50)40-13-1-9-21-48(40)60-62)52-44-17-3-7-19-46(44)58-34-54(52)38-29-25-36(26-30-38)33-37-27-31-39(32-28-37)55-35-59-47-20-8-4-18-45(47)53(55)63(57)51-24-12-6-16-43(51)41-14-2-10-22-49(41)61-63;/h1-32,52-53H,33-35H2;1H4. The first kappa shape index (κ1) is 39.8. The molecule has 0 saturated heterocycles. The highest BCUT2D eigenvalue weighted by molar-refractivity contribution is 7.68. The second-order valence-electron chi connectivity index (χ2n) is 16.2. The van der Waals surface area contributed by atoms with Crippen LogP contribution in [0.15, 0.2) is 194 Å². The molecule has 8 nitrogen and oxygen atoms in total. The Labute approximate surface area is 373 Å². The third kappa shape index (κ3) is 6.35. The molecule has 4 aliphatic rings. The van der Waals surface area contributed by atoms with Crippen molar-refractivity contribution in [2.45, 2.75) is 25.4 Å². The first-order valence-corrected chi connectivity index (χ1v) is 24.5. The van der Waals surface area contributed by atoms with Gasteiger partial charge in [-0.3, -0.25) is 9.13 Å². The Morgan fingerprint density at radius 1 is 0.406 bits per heavy atom. The lowest BCUT2D eigenvalue weighted by Crippen LogP contribution is -2.40. The number of ether oxygens (including phenoxy) is 2. The van der Waals surface area contributed by atoms with Gasteiger partial charge < -0.3 is 28.3 Å². The summed E-state index contributed by atoms with van der Waals surface area (Å²) in [5.41, 5.74) is 9.35. The fourth-order valence-electron chi connectivity index (χ4n) is 9.65. The maximum Gasteiger partial charge on any atom is 0.304 e. The highest BCUT2D eigenvalue weighted by Gasteiger charge is 2.51. The molecular weight excluding hydrogens is 835 g/mol. The normalized spacial score (nSPS) is 21.0. The van der Waals surface area contributed by atoms with Gasteiger partial charge in [0, 0.05) is 33.6 Å². The molecule has 10 heteroatoms. The average Bonchev–Trinajstić information content (AvgIpc) is 3.34. The number of nitrogens with zero attached hydrogens (tertiary/aromatic N) is 2. The molecule has 4 aliphatic heterocycles. The van der Waals surface area contributed by atoms with Crippen LogP contribution in [0.25, 0.3) is 22.3 Å². The predicted molar refractivity (Wildman–Crippen MR) is 256 cm³/mol. The third-order valence-electron chi connectivity index (χ3n) is 12.6. The topological polar surface area (TPSA) is 77.5 Å². The van der Waals surface area contributed by atoms with Gasteiger partial charge in [0.15, 0.2) is 25.0 Å². The molecule has 0 N–H and O–H groups in total. The van der Waals surface area contributed by atoms with Crippen LogP contribution in [-0.4, -0.2) is 13.5 Å². The summed E-state index contributed by atoms with van der Waals surface area (Å²) in [6.07, 6.45) is 0.684. The highest BCUT2D eigenvalue weighted by atomic mass is 31.2. The van der Waals surface area contributed by atoms with Gasteiger partial charge in [-0.1, -0.05) is 141 Å². The maximum atomic E-state index is 15.7. The van der Waals surface area contributed by atoms with E-state index in [0.717, 1.165) is 55.9 Å². The minimum Gasteiger partial charge on any atom is -0.473 e. The van der Waals surface area contributed by atoms with E-state index in [1.54, 1.807) is 0 Å². The number of fused-ring (bicyclic) bond motifs is 8. The maximum absolute atomic E-state index is 15.7. The van der Waals surface area contributed by atoms with Gasteiger partial charge in [-0.05, 0) is 89.3 Å². The average molecular weight is 879 g/mol. The van der Waals surface area contributed by atoms with Gasteiger partial charge in [0.25, 0.3) is 0 Å². The largest absolute Gasteiger partial charge is 0.473 e. The Kier molecular flexibility index (Phi) is 9.76. The fraction of sp³-hybridized carbons (Fsp3) is 0.111. The zero-order valence-electron chi connectivity index (χ0n) is 34.0.